The molecule has 3 amide bonds. The second-order valence-corrected chi connectivity index (χ2v) is 5.10. The van der Waals surface area contributed by atoms with Gasteiger partial charge in [0.15, 0.2) is 0 Å². The number of nitrogens with zero attached hydrogens (tertiary/aromatic N) is 5. The topological polar surface area (TPSA) is 81.7 Å². The predicted molar refractivity (Wildman–Crippen MR) is 75.5 cm³/mol. The molecule has 0 aromatic carbocycles. The summed E-state index contributed by atoms with van der Waals surface area (Å²) in [4.78, 5) is 37.4. The smallest absolute Gasteiger partial charge is 0.325 e. The van der Waals surface area contributed by atoms with Crippen molar-refractivity contribution in [2.45, 2.75) is 6.42 Å². The molecule has 2 fully saturated rings. The molecular formula is C13H18N6O2. The largest absolute Gasteiger partial charge is 0.338 e. The van der Waals surface area contributed by atoms with Crippen LogP contribution in [-0.2, 0) is 4.79 Å². The van der Waals surface area contributed by atoms with Gasteiger partial charge in [-0.3, -0.25) is 14.6 Å². The Hall–Kier alpha value is -2.22. The SMILES string of the molecule is O=C1CCNC(=O)N1CN1CCN(c2ncccn2)CC1. The summed E-state index contributed by atoms with van der Waals surface area (Å²) in [7, 11) is 0. The van der Waals surface area contributed by atoms with E-state index in [4.69, 9.17) is 0 Å². The minimum Gasteiger partial charge on any atom is -0.338 e. The summed E-state index contributed by atoms with van der Waals surface area (Å²) < 4.78 is 0. The number of urea groups is 1. The Bertz CT molecular complexity index is 499. The summed E-state index contributed by atoms with van der Waals surface area (Å²) in [5.74, 6) is 0.622. The molecule has 3 heterocycles. The van der Waals surface area contributed by atoms with E-state index in [1.807, 2.05) is 0 Å². The van der Waals surface area contributed by atoms with Crippen LogP contribution in [0.1, 0.15) is 6.42 Å². The normalized spacial score (nSPS) is 20.6. The first-order chi connectivity index (χ1) is 10.2. The second-order valence-electron chi connectivity index (χ2n) is 5.10. The van der Waals surface area contributed by atoms with Crippen LogP contribution in [0.4, 0.5) is 10.7 Å². The van der Waals surface area contributed by atoms with Crippen LogP contribution in [0, 0.1) is 0 Å². The quantitative estimate of drug-likeness (QED) is 0.808. The van der Waals surface area contributed by atoms with Gasteiger partial charge in [-0.2, -0.15) is 0 Å². The zero-order valence-corrected chi connectivity index (χ0v) is 11.7. The lowest BCUT2D eigenvalue weighted by Gasteiger charge is -2.37. The summed E-state index contributed by atoms with van der Waals surface area (Å²) in [5, 5.41) is 2.70. The van der Waals surface area contributed by atoms with E-state index in [0.29, 0.717) is 19.6 Å². The van der Waals surface area contributed by atoms with Crippen LogP contribution in [0.5, 0.6) is 0 Å². The standard InChI is InChI=1S/C13H18N6O2/c20-11-2-5-16-13(21)19(11)10-17-6-8-18(9-7-17)12-14-3-1-4-15-12/h1,3-4H,2,5-10H2,(H,16,21). The highest BCUT2D eigenvalue weighted by molar-refractivity contribution is 5.96. The fraction of sp³-hybridized carbons (Fsp3) is 0.538. The molecule has 0 saturated carbocycles. The average Bonchev–Trinajstić information content (AvgIpc) is 2.53. The van der Waals surface area contributed by atoms with Gasteiger partial charge in [0, 0.05) is 51.5 Å². The Morgan fingerprint density at radius 2 is 1.81 bits per heavy atom. The zero-order chi connectivity index (χ0) is 14.7. The fourth-order valence-electron chi connectivity index (χ4n) is 2.51. The summed E-state index contributed by atoms with van der Waals surface area (Å²) in [6.07, 6.45) is 3.83. The number of rotatable bonds is 3. The molecule has 1 aromatic heterocycles. The van der Waals surface area contributed by atoms with Gasteiger partial charge in [0.1, 0.15) is 0 Å². The first kappa shape index (κ1) is 13.7. The fourth-order valence-corrected chi connectivity index (χ4v) is 2.51. The minimum atomic E-state index is -0.292. The number of amides is 3. The van der Waals surface area contributed by atoms with Crippen LogP contribution in [0.25, 0.3) is 0 Å². The zero-order valence-electron chi connectivity index (χ0n) is 11.7. The van der Waals surface area contributed by atoms with Gasteiger partial charge in [-0.15, -0.1) is 0 Å². The highest BCUT2D eigenvalue weighted by Gasteiger charge is 2.28. The highest BCUT2D eigenvalue weighted by atomic mass is 16.2. The molecule has 0 aliphatic carbocycles. The van der Waals surface area contributed by atoms with E-state index in [-0.39, 0.29) is 11.9 Å². The summed E-state index contributed by atoms with van der Waals surface area (Å²) in [6.45, 7) is 3.91. The maximum Gasteiger partial charge on any atom is 0.325 e. The number of carbonyl (C=O) groups excluding carboxylic acids is 2. The maximum atomic E-state index is 11.8. The van der Waals surface area contributed by atoms with E-state index in [2.05, 4.69) is 25.1 Å². The maximum absolute atomic E-state index is 11.8. The van der Waals surface area contributed by atoms with Gasteiger partial charge in [0.25, 0.3) is 0 Å². The Balaban J connectivity index is 1.54. The van der Waals surface area contributed by atoms with Gasteiger partial charge in [0.2, 0.25) is 11.9 Å². The molecule has 1 aromatic rings. The van der Waals surface area contributed by atoms with Crippen LogP contribution in [0.15, 0.2) is 18.5 Å². The van der Waals surface area contributed by atoms with E-state index < -0.39 is 0 Å². The number of anilines is 1. The molecule has 3 rings (SSSR count). The lowest BCUT2D eigenvalue weighted by molar-refractivity contribution is -0.131. The van der Waals surface area contributed by atoms with E-state index in [1.165, 1.54) is 4.90 Å². The third kappa shape index (κ3) is 3.10. The Labute approximate surface area is 122 Å². The lowest BCUT2D eigenvalue weighted by Crippen LogP contribution is -2.57. The van der Waals surface area contributed by atoms with Gasteiger partial charge < -0.3 is 10.2 Å². The Morgan fingerprint density at radius 1 is 1.10 bits per heavy atom. The third-order valence-electron chi connectivity index (χ3n) is 3.71. The van der Waals surface area contributed by atoms with Crippen molar-refractivity contribution in [2.24, 2.45) is 0 Å². The minimum absolute atomic E-state index is 0.104. The predicted octanol–water partition coefficient (Wildman–Crippen LogP) is -0.502. The Morgan fingerprint density at radius 3 is 2.48 bits per heavy atom. The number of piperazine rings is 1. The Kier molecular flexibility index (Phi) is 3.96. The molecule has 21 heavy (non-hydrogen) atoms. The summed E-state index contributed by atoms with van der Waals surface area (Å²) in [6, 6.07) is 1.50. The lowest BCUT2D eigenvalue weighted by atomic mass is 10.3. The molecule has 8 heteroatoms. The van der Waals surface area contributed by atoms with Gasteiger partial charge >= 0.3 is 6.03 Å². The van der Waals surface area contributed by atoms with E-state index >= 15 is 0 Å². The van der Waals surface area contributed by atoms with Crippen molar-refractivity contribution in [1.82, 2.24) is 25.1 Å². The van der Waals surface area contributed by atoms with Crippen molar-refractivity contribution >= 4 is 17.9 Å². The summed E-state index contributed by atoms with van der Waals surface area (Å²) >= 11 is 0. The molecule has 2 aliphatic rings. The van der Waals surface area contributed by atoms with Crippen LogP contribution in [0.3, 0.4) is 0 Å². The van der Waals surface area contributed by atoms with Crippen LogP contribution in [0.2, 0.25) is 0 Å². The second kappa shape index (κ2) is 6.04. The molecule has 112 valence electrons. The van der Waals surface area contributed by atoms with Crippen LogP contribution < -0.4 is 10.2 Å². The van der Waals surface area contributed by atoms with Crippen molar-refractivity contribution < 1.29 is 9.59 Å². The molecule has 0 atom stereocenters. The molecule has 0 spiro atoms. The van der Waals surface area contributed by atoms with Crippen molar-refractivity contribution in [1.29, 1.82) is 0 Å². The number of nitrogens with one attached hydrogen (secondary N) is 1. The van der Waals surface area contributed by atoms with Crippen molar-refractivity contribution in [2.75, 3.05) is 44.3 Å². The van der Waals surface area contributed by atoms with E-state index in [1.54, 1.807) is 18.5 Å². The van der Waals surface area contributed by atoms with Gasteiger partial charge in [-0.25, -0.2) is 14.8 Å². The van der Waals surface area contributed by atoms with Gasteiger partial charge in [-0.1, -0.05) is 0 Å². The van der Waals surface area contributed by atoms with Gasteiger partial charge in [-0.05, 0) is 6.07 Å². The number of hydrogen-bond donors (Lipinski definition) is 1. The molecular weight excluding hydrogens is 272 g/mol. The van der Waals surface area contributed by atoms with Crippen molar-refractivity contribution in [3.05, 3.63) is 18.5 Å². The number of hydrogen-bond acceptors (Lipinski definition) is 6. The van der Waals surface area contributed by atoms with E-state index in [0.717, 1.165) is 32.1 Å². The number of carbonyl (C=O) groups is 2. The van der Waals surface area contributed by atoms with E-state index in [9.17, 15) is 9.59 Å². The van der Waals surface area contributed by atoms with Crippen LogP contribution in [-0.4, -0.2) is 71.1 Å². The average molecular weight is 290 g/mol. The summed E-state index contributed by atoms with van der Waals surface area (Å²) in [5.41, 5.74) is 0. The highest BCUT2D eigenvalue weighted by Crippen LogP contribution is 2.11. The molecule has 0 unspecified atom stereocenters. The first-order valence-electron chi connectivity index (χ1n) is 7.06. The molecule has 8 nitrogen and oxygen atoms in total. The number of aromatic nitrogens is 2. The third-order valence-corrected chi connectivity index (χ3v) is 3.71. The molecule has 2 saturated heterocycles. The van der Waals surface area contributed by atoms with Crippen molar-refractivity contribution in [3.63, 3.8) is 0 Å². The van der Waals surface area contributed by atoms with Crippen molar-refractivity contribution in [3.8, 4) is 0 Å². The first-order valence-corrected chi connectivity index (χ1v) is 7.06. The van der Waals surface area contributed by atoms with Gasteiger partial charge in [0.05, 0.1) is 6.67 Å². The monoisotopic (exact) mass is 290 g/mol. The molecule has 2 aliphatic heterocycles. The molecule has 0 radical (unpaired) electrons. The molecule has 0 bridgehead atoms. The molecule has 1 N–H and O–H groups in total. The number of imide groups is 1. The van der Waals surface area contributed by atoms with Crippen LogP contribution >= 0.6 is 0 Å².